The van der Waals surface area contributed by atoms with Crippen LogP contribution in [0.2, 0.25) is 5.15 Å². The number of nitrogens with zero attached hydrogens (tertiary/aromatic N) is 3. The maximum absolute atomic E-state index is 10.2. The Hall–Kier alpha value is -0.680. The van der Waals surface area contributed by atoms with Gasteiger partial charge in [0.15, 0.2) is 16.6 Å². The van der Waals surface area contributed by atoms with Gasteiger partial charge in [0.2, 0.25) is 0 Å². The number of halogens is 2. The zero-order valence-corrected chi connectivity index (χ0v) is 15.0. The van der Waals surface area contributed by atoms with Gasteiger partial charge >= 0.3 is 0 Å². The van der Waals surface area contributed by atoms with Gasteiger partial charge in [0.05, 0.1) is 24.6 Å². The van der Waals surface area contributed by atoms with Crippen LogP contribution in [-0.2, 0) is 9.47 Å². The first kappa shape index (κ1) is 16.2. The molecule has 0 saturated carbocycles. The topological polar surface area (TPSA) is 80.9 Å². The molecule has 0 spiro atoms. The molecule has 120 valence electrons. The van der Waals surface area contributed by atoms with E-state index in [2.05, 4.69) is 38.0 Å². The number of fused-ring (bicyclic) bond motifs is 1. The number of imidazole rings is 1. The van der Waals surface area contributed by atoms with Crippen LogP contribution < -0.4 is 5.32 Å². The van der Waals surface area contributed by atoms with Crippen LogP contribution in [0.25, 0.3) is 5.65 Å². The van der Waals surface area contributed by atoms with Crippen molar-refractivity contribution >= 4 is 45.5 Å². The average Bonchev–Trinajstić information content (AvgIpc) is 2.99. The number of aromatic nitrogens is 3. The van der Waals surface area contributed by atoms with Crippen molar-refractivity contribution in [1.82, 2.24) is 14.6 Å². The average molecular weight is 439 g/mol. The maximum Gasteiger partial charge on any atom is 0.178 e. The Balaban J connectivity index is 1.71. The lowest BCUT2D eigenvalue weighted by Crippen LogP contribution is -2.35. The van der Waals surface area contributed by atoms with Gasteiger partial charge in [-0.25, -0.2) is 9.50 Å². The summed E-state index contributed by atoms with van der Waals surface area (Å²) in [7, 11) is 0. The molecule has 1 fully saturated rings. The highest BCUT2D eigenvalue weighted by Crippen LogP contribution is 2.25. The summed E-state index contributed by atoms with van der Waals surface area (Å²) in [4.78, 5) is 4.29. The van der Waals surface area contributed by atoms with Crippen LogP contribution in [0, 0.1) is 3.70 Å². The fraction of sp³-hybridized carbons (Fsp3) is 0.538. The van der Waals surface area contributed by atoms with Crippen molar-refractivity contribution in [2.45, 2.75) is 31.8 Å². The Labute approximate surface area is 146 Å². The van der Waals surface area contributed by atoms with Gasteiger partial charge < -0.3 is 19.9 Å². The molecule has 0 aromatic carbocycles. The molecule has 2 atom stereocenters. The second-order valence-corrected chi connectivity index (χ2v) is 7.00. The summed E-state index contributed by atoms with van der Waals surface area (Å²) in [6, 6.07) is 1.68. The van der Waals surface area contributed by atoms with Crippen molar-refractivity contribution < 1.29 is 14.6 Å². The summed E-state index contributed by atoms with van der Waals surface area (Å²) in [5, 5.41) is 17.9. The van der Waals surface area contributed by atoms with Crippen molar-refractivity contribution in [3.8, 4) is 0 Å². The number of ether oxygens (including phenoxy) is 2. The minimum Gasteiger partial charge on any atom is -0.388 e. The molecule has 0 aliphatic carbocycles. The quantitative estimate of drug-likeness (QED) is 0.710. The van der Waals surface area contributed by atoms with E-state index in [4.69, 9.17) is 21.1 Å². The van der Waals surface area contributed by atoms with Gasteiger partial charge in [-0.05, 0) is 36.4 Å². The van der Waals surface area contributed by atoms with Gasteiger partial charge in [-0.3, -0.25) is 0 Å². The minimum absolute atomic E-state index is 0.295. The maximum atomic E-state index is 10.2. The highest BCUT2D eigenvalue weighted by molar-refractivity contribution is 14.1. The first-order valence-electron chi connectivity index (χ1n) is 6.79. The van der Waals surface area contributed by atoms with E-state index < -0.39 is 11.9 Å². The highest BCUT2D eigenvalue weighted by atomic mass is 127. The van der Waals surface area contributed by atoms with Gasteiger partial charge in [-0.15, -0.1) is 0 Å². The van der Waals surface area contributed by atoms with Crippen LogP contribution in [0.3, 0.4) is 0 Å². The molecule has 2 aromatic rings. The lowest BCUT2D eigenvalue weighted by atomic mass is 10.2. The molecule has 1 saturated heterocycles. The highest BCUT2D eigenvalue weighted by Gasteiger charge is 2.36. The lowest BCUT2D eigenvalue weighted by Gasteiger charge is -2.21. The molecule has 2 aromatic heterocycles. The van der Waals surface area contributed by atoms with E-state index in [1.807, 2.05) is 13.8 Å². The number of anilines is 1. The summed E-state index contributed by atoms with van der Waals surface area (Å²) < 4.78 is 13.6. The molecular formula is C13H16ClIN4O3. The van der Waals surface area contributed by atoms with Crippen LogP contribution in [0.1, 0.15) is 13.8 Å². The largest absolute Gasteiger partial charge is 0.388 e. The molecule has 0 radical (unpaired) electrons. The smallest absolute Gasteiger partial charge is 0.178 e. The van der Waals surface area contributed by atoms with Gasteiger partial charge in [-0.1, -0.05) is 11.6 Å². The van der Waals surface area contributed by atoms with Gasteiger partial charge in [0.1, 0.15) is 9.80 Å². The van der Waals surface area contributed by atoms with Crippen molar-refractivity contribution in [1.29, 1.82) is 0 Å². The SMILES string of the molecule is CC1(C)OC[C@H]([C@@H](O)CNc2cc(Cl)nn3c(I)cnc23)O1. The summed E-state index contributed by atoms with van der Waals surface area (Å²) in [5.41, 5.74) is 1.37. The predicted octanol–water partition coefficient (Wildman–Crippen LogP) is 1.91. The van der Waals surface area contributed by atoms with Crippen LogP contribution in [-0.4, -0.2) is 50.9 Å². The van der Waals surface area contributed by atoms with Crippen molar-refractivity contribution in [3.05, 3.63) is 21.1 Å². The molecule has 3 heterocycles. The van der Waals surface area contributed by atoms with Crippen molar-refractivity contribution in [2.24, 2.45) is 0 Å². The minimum atomic E-state index is -0.706. The number of aliphatic hydroxyl groups excluding tert-OH is 1. The first-order valence-corrected chi connectivity index (χ1v) is 8.25. The fourth-order valence-electron chi connectivity index (χ4n) is 2.29. The Bertz CT molecular complexity index is 693. The molecule has 0 amide bonds. The molecule has 3 rings (SSSR count). The summed E-state index contributed by atoms with van der Waals surface area (Å²) in [6.45, 7) is 4.31. The number of rotatable bonds is 4. The number of hydrogen-bond acceptors (Lipinski definition) is 6. The Kier molecular flexibility index (Phi) is 4.47. The monoisotopic (exact) mass is 438 g/mol. The molecule has 22 heavy (non-hydrogen) atoms. The van der Waals surface area contributed by atoms with Crippen molar-refractivity contribution in [2.75, 3.05) is 18.5 Å². The second-order valence-electron chi connectivity index (χ2n) is 5.51. The Morgan fingerprint density at radius 1 is 1.64 bits per heavy atom. The zero-order chi connectivity index (χ0) is 15.9. The fourth-order valence-corrected chi connectivity index (χ4v) is 2.95. The van der Waals surface area contributed by atoms with Crippen LogP contribution in [0.5, 0.6) is 0 Å². The first-order chi connectivity index (χ1) is 10.4. The second kappa shape index (κ2) is 6.08. The number of nitrogens with one attached hydrogen (secondary N) is 1. The standard InChI is InChI=1S/C13H16ClIN4O3/c1-13(2)21-6-9(22-13)8(20)4-16-7-3-10(14)18-19-11(15)5-17-12(7)19/h3,5,8-9,16,20H,4,6H2,1-2H3/t8-,9+/m0/s1. The summed E-state index contributed by atoms with van der Waals surface area (Å²) in [5.74, 6) is -0.655. The molecule has 9 heteroatoms. The Morgan fingerprint density at radius 3 is 3.09 bits per heavy atom. The van der Waals surface area contributed by atoms with Gasteiger partial charge in [-0.2, -0.15) is 5.10 Å². The third-order valence-corrected chi connectivity index (χ3v) is 4.28. The third-order valence-electron chi connectivity index (χ3n) is 3.36. The molecule has 7 nitrogen and oxygen atoms in total. The number of aliphatic hydroxyl groups is 1. The Morgan fingerprint density at radius 2 is 2.41 bits per heavy atom. The zero-order valence-electron chi connectivity index (χ0n) is 12.1. The van der Waals surface area contributed by atoms with E-state index in [9.17, 15) is 5.11 Å². The normalized spacial score (nSPS) is 22.1. The van der Waals surface area contributed by atoms with E-state index in [1.54, 1.807) is 16.8 Å². The lowest BCUT2D eigenvalue weighted by molar-refractivity contribution is -0.149. The molecule has 1 aliphatic heterocycles. The summed E-state index contributed by atoms with van der Waals surface area (Å²) in [6.07, 6.45) is 0.635. The number of hydrogen-bond donors (Lipinski definition) is 2. The van der Waals surface area contributed by atoms with Crippen LogP contribution >= 0.6 is 34.2 Å². The molecular weight excluding hydrogens is 423 g/mol. The van der Waals surface area contributed by atoms with E-state index in [1.165, 1.54) is 0 Å². The van der Waals surface area contributed by atoms with Gasteiger partial charge in [0.25, 0.3) is 0 Å². The van der Waals surface area contributed by atoms with Crippen molar-refractivity contribution in [3.63, 3.8) is 0 Å². The third kappa shape index (κ3) is 3.30. The van der Waals surface area contributed by atoms with Crippen LogP contribution in [0.4, 0.5) is 5.69 Å². The molecule has 0 unspecified atom stereocenters. The predicted molar refractivity (Wildman–Crippen MR) is 90.1 cm³/mol. The van der Waals surface area contributed by atoms with E-state index in [0.717, 1.165) is 3.70 Å². The van der Waals surface area contributed by atoms with E-state index in [-0.39, 0.29) is 6.10 Å². The molecule has 1 aliphatic rings. The summed E-state index contributed by atoms with van der Waals surface area (Å²) >= 11 is 8.15. The molecule has 0 bridgehead atoms. The molecule has 2 N–H and O–H groups in total. The van der Waals surface area contributed by atoms with Gasteiger partial charge in [0, 0.05) is 12.6 Å². The van der Waals surface area contributed by atoms with Crippen LogP contribution in [0.15, 0.2) is 12.3 Å². The van der Waals surface area contributed by atoms with E-state index >= 15 is 0 Å². The van der Waals surface area contributed by atoms with E-state index in [0.29, 0.717) is 29.6 Å².